The fourth-order valence-corrected chi connectivity index (χ4v) is 4.11. The van der Waals surface area contributed by atoms with E-state index < -0.39 is 15.9 Å². The van der Waals surface area contributed by atoms with Gasteiger partial charge in [-0.3, -0.25) is 4.79 Å². The van der Waals surface area contributed by atoms with Gasteiger partial charge in [-0.25, -0.2) is 12.7 Å². The molecule has 0 bridgehead atoms. The summed E-state index contributed by atoms with van der Waals surface area (Å²) in [6, 6.07) is 17.9. The molecule has 0 aromatic heterocycles. The topological polar surface area (TPSA) is 75.7 Å². The number of halogens is 2. The Balaban J connectivity index is 1.90. The molecule has 0 aliphatic carbocycles. The van der Waals surface area contributed by atoms with Gasteiger partial charge in [-0.05, 0) is 42.5 Å². The van der Waals surface area contributed by atoms with E-state index in [4.69, 9.17) is 27.9 Å². The number of amides is 1. The molecule has 0 atom stereocenters. The summed E-state index contributed by atoms with van der Waals surface area (Å²) in [5.41, 5.74) is 0.529. The zero-order chi connectivity index (χ0) is 21.9. The molecule has 3 aromatic carbocycles. The Bertz CT molecular complexity index is 1200. The minimum Gasteiger partial charge on any atom is -0.454 e. The van der Waals surface area contributed by atoms with E-state index in [1.807, 2.05) is 0 Å². The van der Waals surface area contributed by atoms with Crippen LogP contribution < -0.4 is 10.1 Å². The third-order valence-electron chi connectivity index (χ3n) is 4.14. The first-order valence-electron chi connectivity index (χ1n) is 8.75. The monoisotopic (exact) mass is 464 g/mol. The van der Waals surface area contributed by atoms with Crippen molar-refractivity contribution in [2.75, 3.05) is 19.4 Å². The highest BCUT2D eigenvalue weighted by Gasteiger charge is 2.23. The molecule has 3 aromatic rings. The smallest absolute Gasteiger partial charge is 0.255 e. The molecule has 0 aliphatic rings. The number of anilines is 1. The lowest BCUT2D eigenvalue weighted by Crippen LogP contribution is -2.23. The molecule has 0 radical (unpaired) electrons. The van der Waals surface area contributed by atoms with Crippen LogP contribution in [0.25, 0.3) is 0 Å². The Labute approximate surface area is 185 Å². The van der Waals surface area contributed by atoms with Crippen LogP contribution in [-0.4, -0.2) is 32.7 Å². The lowest BCUT2D eigenvalue weighted by molar-refractivity contribution is 0.102. The number of hydrogen-bond donors (Lipinski definition) is 1. The summed E-state index contributed by atoms with van der Waals surface area (Å²) in [6.07, 6.45) is 0. The summed E-state index contributed by atoms with van der Waals surface area (Å²) in [5, 5.41) is 3.19. The van der Waals surface area contributed by atoms with Crippen LogP contribution in [0.2, 0.25) is 10.0 Å². The Morgan fingerprint density at radius 1 is 0.900 bits per heavy atom. The predicted octanol–water partition coefficient (Wildman–Crippen LogP) is 5.29. The van der Waals surface area contributed by atoms with Crippen molar-refractivity contribution in [3.05, 3.63) is 82.3 Å². The predicted molar refractivity (Wildman–Crippen MR) is 118 cm³/mol. The van der Waals surface area contributed by atoms with Gasteiger partial charge >= 0.3 is 0 Å². The highest BCUT2D eigenvalue weighted by molar-refractivity contribution is 7.89. The highest BCUT2D eigenvalue weighted by atomic mass is 35.5. The maximum absolute atomic E-state index is 12.8. The fraction of sp³-hybridized carbons (Fsp3) is 0.0952. The molecule has 9 heteroatoms. The summed E-state index contributed by atoms with van der Waals surface area (Å²) in [6.45, 7) is 0. The number of rotatable bonds is 6. The zero-order valence-electron chi connectivity index (χ0n) is 16.1. The summed E-state index contributed by atoms with van der Waals surface area (Å²) >= 11 is 12.2. The van der Waals surface area contributed by atoms with E-state index in [1.54, 1.807) is 48.5 Å². The average molecular weight is 465 g/mol. The third-order valence-corrected chi connectivity index (χ3v) is 6.75. The molecule has 0 saturated carbocycles. The third kappa shape index (κ3) is 4.76. The second-order valence-corrected chi connectivity index (χ2v) is 9.35. The maximum Gasteiger partial charge on any atom is 0.255 e. The molecule has 3 rings (SSSR count). The Morgan fingerprint density at radius 2 is 1.53 bits per heavy atom. The number of benzene rings is 3. The van der Waals surface area contributed by atoms with E-state index in [1.165, 1.54) is 32.3 Å². The van der Waals surface area contributed by atoms with Crippen LogP contribution in [-0.2, 0) is 10.0 Å². The molecule has 0 saturated heterocycles. The molecule has 1 amide bonds. The van der Waals surface area contributed by atoms with E-state index in [9.17, 15) is 13.2 Å². The van der Waals surface area contributed by atoms with Crippen LogP contribution in [0.1, 0.15) is 10.4 Å². The van der Waals surface area contributed by atoms with Crippen LogP contribution in [0.4, 0.5) is 5.69 Å². The van der Waals surface area contributed by atoms with Crippen LogP contribution in [0.5, 0.6) is 11.5 Å². The van der Waals surface area contributed by atoms with Crippen molar-refractivity contribution >= 4 is 44.8 Å². The van der Waals surface area contributed by atoms with E-state index in [-0.39, 0.29) is 15.5 Å². The van der Waals surface area contributed by atoms with Crippen molar-refractivity contribution in [1.82, 2.24) is 4.31 Å². The van der Waals surface area contributed by atoms with Gasteiger partial charge in [-0.15, -0.1) is 0 Å². The zero-order valence-corrected chi connectivity index (χ0v) is 18.4. The van der Waals surface area contributed by atoms with Crippen LogP contribution in [0.3, 0.4) is 0 Å². The number of hydrogen-bond acceptors (Lipinski definition) is 4. The van der Waals surface area contributed by atoms with Crippen LogP contribution in [0, 0.1) is 0 Å². The minimum absolute atomic E-state index is 0.0303. The molecule has 0 spiro atoms. The molecule has 30 heavy (non-hydrogen) atoms. The highest BCUT2D eigenvalue weighted by Crippen LogP contribution is 2.34. The van der Waals surface area contributed by atoms with Gasteiger partial charge in [-0.1, -0.05) is 47.5 Å². The van der Waals surface area contributed by atoms with Crippen molar-refractivity contribution in [2.45, 2.75) is 4.90 Å². The van der Waals surface area contributed by atoms with Crippen molar-refractivity contribution in [2.24, 2.45) is 0 Å². The number of ether oxygens (including phenoxy) is 1. The number of para-hydroxylation sites is 3. The first kappa shape index (κ1) is 22.1. The molecule has 6 nitrogen and oxygen atoms in total. The second kappa shape index (κ2) is 9.06. The first-order chi connectivity index (χ1) is 14.2. The summed E-state index contributed by atoms with van der Waals surface area (Å²) < 4.78 is 31.8. The molecular formula is C21H18Cl2N2O4S. The molecule has 0 aliphatic heterocycles. The normalized spacial score (nSPS) is 11.4. The maximum atomic E-state index is 12.8. The van der Waals surface area contributed by atoms with E-state index in [2.05, 4.69) is 5.32 Å². The SMILES string of the molecule is CN(C)S(=O)(=O)c1cc(C(=O)Nc2ccccc2Oc2ccccc2Cl)ccc1Cl. The molecule has 0 fully saturated rings. The van der Waals surface area contributed by atoms with Crippen molar-refractivity contribution in [3.8, 4) is 11.5 Å². The number of carbonyl (C=O) groups is 1. The van der Waals surface area contributed by atoms with Gasteiger partial charge in [0.2, 0.25) is 10.0 Å². The van der Waals surface area contributed by atoms with E-state index in [0.717, 1.165) is 4.31 Å². The van der Waals surface area contributed by atoms with E-state index in [0.29, 0.717) is 22.2 Å². The Kier molecular flexibility index (Phi) is 6.67. The Morgan fingerprint density at radius 3 is 2.20 bits per heavy atom. The number of nitrogens with zero attached hydrogens (tertiary/aromatic N) is 1. The number of carbonyl (C=O) groups excluding carboxylic acids is 1. The molecule has 0 heterocycles. The molecule has 156 valence electrons. The number of sulfonamides is 1. The molecule has 0 unspecified atom stereocenters. The van der Waals surface area contributed by atoms with Crippen LogP contribution in [0.15, 0.2) is 71.6 Å². The molecule has 1 N–H and O–H groups in total. The quantitative estimate of drug-likeness (QED) is 0.537. The minimum atomic E-state index is -3.81. The largest absolute Gasteiger partial charge is 0.454 e. The van der Waals surface area contributed by atoms with Gasteiger partial charge in [0.15, 0.2) is 5.75 Å². The van der Waals surface area contributed by atoms with Crippen molar-refractivity contribution < 1.29 is 17.9 Å². The standard InChI is InChI=1S/C21H18Cl2N2O4S/c1-25(2)30(27,28)20-13-14(11-12-16(20)23)21(26)24-17-8-4-6-10-19(17)29-18-9-5-3-7-15(18)22/h3-13H,1-2H3,(H,24,26). The van der Waals surface area contributed by atoms with Crippen LogP contribution >= 0.6 is 23.2 Å². The van der Waals surface area contributed by atoms with Gasteiger partial charge in [0.1, 0.15) is 10.6 Å². The lowest BCUT2D eigenvalue weighted by atomic mass is 10.2. The summed E-state index contributed by atoms with van der Waals surface area (Å²) in [5.74, 6) is 0.304. The fourth-order valence-electron chi connectivity index (χ4n) is 2.54. The van der Waals surface area contributed by atoms with Gasteiger partial charge in [0.05, 0.1) is 15.7 Å². The second-order valence-electron chi connectivity index (χ2n) is 6.42. The first-order valence-corrected chi connectivity index (χ1v) is 10.9. The van der Waals surface area contributed by atoms with Crippen molar-refractivity contribution in [1.29, 1.82) is 0 Å². The average Bonchev–Trinajstić information content (AvgIpc) is 2.71. The summed E-state index contributed by atoms with van der Waals surface area (Å²) in [4.78, 5) is 12.7. The summed E-state index contributed by atoms with van der Waals surface area (Å²) in [7, 11) is -1.03. The van der Waals surface area contributed by atoms with Gasteiger partial charge in [-0.2, -0.15) is 0 Å². The lowest BCUT2D eigenvalue weighted by Gasteiger charge is -2.15. The van der Waals surface area contributed by atoms with E-state index >= 15 is 0 Å². The van der Waals surface area contributed by atoms with Crippen molar-refractivity contribution in [3.63, 3.8) is 0 Å². The van der Waals surface area contributed by atoms with Gasteiger partial charge in [0.25, 0.3) is 5.91 Å². The molecular weight excluding hydrogens is 447 g/mol. The Hall–Kier alpha value is -2.58. The number of nitrogens with one attached hydrogen (secondary N) is 1. The van der Waals surface area contributed by atoms with Gasteiger partial charge < -0.3 is 10.1 Å². The van der Waals surface area contributed by atoms with Gasteiger partial charge in [0, 0.05) is 19.7 Å².